The van der Waals surface area contributed by atoms with Crippen LogP contribution in [0.3, 0.4) is 0 Å². The number of tetrazole rings is 1. The van der Waals surface area contributed by atoms with Crippen molar-refractivity contribution < 1.29 is 18.8 Å². The monoisotopic (exact) mass is 389 g/mol. The summed E-state index contributed by atoms with van der Waals surface area (Å²) in [5, 5.41) is 13.6. The van der Waals surface area contributed by atoms with Crippen LogP contribution in [0.4, 0.5) is 0 Å². The van der Waals surface area contributed by atoms with Gasteiger partial charge in [0.1, 0.15) is 5.75 Å². The van der Waals surface area contributed by atoms with Gasteiger partial charge in [-0.25, -0.2) is 9.72 Å². The van der Waals surface area contributed by atoms with Crippen molar-refractivity contribution >= 4 is 7.60 Å². The number of methoxy groups -OCH3 is 1. The third-order valence-corrected chi connectivity index (χ3v) is 4.31. The van der Waals surface area contributed by atoms with Crippen molar-refractivity contribution in [3.05, 3.63) is 59.9 Å². The second-order valence-electron chi connectivity index (χ2n) is 5.95. The van der Waals surface area contributed by atoms with Crippen LogP contribution in [-0.2, 0) is 15.6 Å². The lowest BCUT2D eigenvalue weighted by molar-refractivity contribution is 0.131. The molecule has 0 aliphatic rings. The van der Waals surface area contributed by atoms with E-state index in [0.717, 1.165) is 29.1 Å². The maximum absolute atomic E-state index is 11.4. The molecule has 27 heavy (non-hydrogen) atoms. The van der Waals surface area contributed by atoms with Crippen LogP contribution in [-0.4, -0.2) is 39.3 Å². The maximum Gasteiger partial charge on any atom is 0.341 e. The molecule has 0 amide bonds. The van der Waals surface area contributed by atoms with Gasteiger partial charge in [0.2, 0.25) is 0 Å². The van der Waals surface area contributed by atoms with Crippen molar-refractivity contribution in [3.8, 4) is 16.9 Å². The minimum Gasteiger partial charge on any atom is -0.496 e. The first kappa shape index (κ1) is 19.2. The van der Waals surface area contributed by atoms with Crippen LogP contribution in [0.15, 0.2) is 48.5 Å². The number of aromatic amines is 1. The minimum atomic E-state index is -3.69. The molecule has 0 spiro atoms. The van der Waals surface area contributed by atoms with Crippen molar-refractivity contribution in [2.24, 2.45) is 0 Å². The summed E-state index contributed by atoms with van der Waals surface area (Å²) >= 11 is 0. The maximum atomic E-state index is 11.4. The summed E-state index contributed by atoms with van der Waals surface area (Å²) < 4.78 is 21.6. The molecule has 0 saturated carbocycles. The van der Waals surface area contributed by atoms with Crippen molar-refractivity contribution in [2.75, 3.05) is 13.8 Å². The van der Waals surface area contributed by atoms with E-state index in [0.29, 0.717) is 12.2 Å². The van der Waals surface area contributed by atoms with E-state index in [2.05, 4.69) is 26.1 Å². The smallest absolute Gasteiger partial charge is 0.341 e. The molecule has 1 unspecified atom stereocenters. The van der Waals surface area contributed by atoms with Crippen LogP contribution in [0.5, 0.6) is 5.75 Å². The number of aromatic nitrogens is 4. The van der Waals surface area contributed by atoms with E-state index in [9.17, 15) is 9.46 Å². The second kappa shape index (κ2) is 8.41. The van der Waals surface area contributed by atoms with Crippen molar-refractivity contribution in [2.45, 2.75) is 12.5 Å². The zero-order chi connectivity index (χ0) is 19.3. The number of rotatable bonds is 8. The zero-order valence-corrected chi connectivity index (χ0v) is 15.8. The van der Waals surface area contributed by atoms with Crippen LogP contribution in [0, 0.1) is 0 Å². The van der Waals surface area contributed by atoms with Gasteiger partial charge in [0.05, 0.1) is 13.2 Å². The molecular formula is C17H20N5O4P. The summed E-state index contributed by atoms with van der Waals surface area (Å²) in [6.07, 6.45) is 0.447. The lowest BCUT2D eigenvalue weighted by Crippen LogP contribution is -2.24. The van der Waals surface area contributed by atoms with E-state index in [1.165, 1.54) is 0 Å². The van der Waals surface area contributed by atoms with E-state index in [-0.39, 0.29) is 0 Å². The molecule has 0 saturated heterocycles. The highest BCUT2D eigenvalue weighted by Gasteiger charge is 2.20. The van der Waals surface area contributed by atoms with Gasteiger partial charge in [-0.1, -0.05) is 42.5 Å². The molecule has 1 aromatic heterocycles. The fourth-order valence-corrected chi connectivity index (χ4v) is 2.93. The number of nitrogens with zero attached hydrogens (tertiary/aromatic N) is 3. The van der Waals surface area contributed by atoms with E-state index in [4.69, 9.17) is 9.36 Å². The van der Waals surface area contributed by atoms with E-state index < -0.39 is 13.6 Å². The van der Waals surface area contributed by atoms with Crippen LogP contribution >= 0.6 is 7.60 Å². The fraction of sp³-hybridized carbons (Fsp3) is 0.235. The molecule has 9 nitrogen and oxygen atoms in total. The van der Waals surface area contributed by atoms with Crippen LogP contribution in [0.25, 0.3) is 11.1 Å². The standard InChI is InChI=1S/C17H20N5O4P/c1-25-16-6-4-3-5-14(16)13-9-7-12(8-10-13)11-15(17-18-21-22-19-17)20-26-27(2,23)24/h3-10,15,20H,11H2,1-2H3,(H,23,24)(H,18,19,21,22)/t15-/m0/s1. The molecule has 0 aliphatic heterocycles. The first-order valence-corrected chi connectivity index (χ1v) is 10.2. The van der Waals surface area contributed by atoms with Gasteiger partial charge in [-0.05, 0) is 34.0 Å². The SMILES string of the molecule is COc1ccccc1-c1ccc(C[C@H](NOP(C)(=O)O)c2nnn[nH]2)cc1. The van der Waals surface area contributed by atoms with Gasteiger partial charge in [-0.15, -0.1) is 5.10 Å². The van der Waals surface area contributed by atoms with Gasteiger partial charge in [0.15, 0.2) is 5.82 Å². The molecular weight excluding hydrogens is 369 g/mol. The Morgan fingerprint density at radius 1 is 1.22 bits per heavy atom. The summed E-state index contributed by atoms with van der Waals surface area (Å²) in [5.74, 6) is 1.20. The molecule has 0 aliphatic carbocycles. The number of benzene rings is 2. The Bertz CT molecular complexity index is 911. The lowest BCUT2D eigenvalue weighted by atomic mass is 10.00. The summed E-state index contributed by atoms with van der Waals surface area (Å²) in [4.78, 5) is 9.34. The van der Waals surface area contributed by atoms with Gasteiger partial charge in [-0.3, -0.25) is 4.57 Å². The number of hydrogen-bond acceptors (Lipinski definition) is 7. The average molecular weight is 389 g/mol. The van der Waals surface area contributed by atoms with Crippen LogP contribution < -0.4 is 10.2 Å². The Morgan fingerprint density at radius 3 is 2.59 bits per heavy atom. The number of H-pyrrole nitrogens is 1. The van der Waals surface area contributed by atoms with Gasteiger partial charge < -0.3 is 9.63 Å². The molecule has 10 heteroatoms. The number of para-hydroxylation sites is 1. The predicted molar refractivity (Wildman–Crippen MR) is 99.0 cm³/mol. The number of nitrogens with one attached hydrogen (secondary N) is 2. The summed E-state index contributed by atoms with van der Waals surface area (Å²) in [6.45, 7) is 1.09. The zero-order valence-electron chi connectivity index (χ0n) is 14.9. The van der Waals surface area contributed by atoms with Gasteiger partial charge in [0, 0.05) is 12.2 Å². The second-order valence-corrected chi connectivity index (χ2v) is 7.74. The molecule has 0 fully saturated rings. The lowest BCUT2D eigenvalue weighted by Gasteiger charge is -2.17. The molecule has 3 rings (SSSR count). The van der Waals surface area contributed by atoms with Gasteiger partial charge in [0.25, 0.3) is 0 Å². The van der Waals surface area contributed by atoms with Crippen LogP contribution in [0.2, 0.25) is 0 Å². The summed E-state index contributed by atoms with van der Waals surface area (Å²) in [7, 11) is -2.05. The molecule has 2 aromatic carbocycles. The Hall–Kier alpha value is -2.58. The van der Waals surface area contributed by atoms with E-state index in [1.54, 1.807) is 7.11 Å². The Balaban J connectivity index is 1.77. The molecule has 2 atom stereocenters. The normalized spacial score (nSPS) is 14.5. The number of hydroxylamine groups is 1. The molecule has 0 radical (unpaired) electrons. The van der Waals surface area contributed by atoms with Crippen molar-refractivity contribution in [3.63, 3.8) is 0 Å². The minimum absolute atomic E-state index is 0.400. The molecule has 142 valence electrons. The molecule has 3 aromatic rings. The third kappa shape index (κ3) is 5.21. The number of hydrogen-bond donors (Lipinski definition) is 3. The fourth-order valence-electron chi connectivity index (χ4n) is 2.61. The average Bonchev–Trinajstić information content (AvgIpc) is 3.19. The van der Waals surface area contributed by atoms with E-state index >= 15 is 0 Å². The largest absolute Gasteiger partial charge is 0.496 e. The first-order chi connectivity index (χ1) is 13.0. The predicted octanol–water partition coefficient (Wildman–Crippen LogP) is 2.50. The number of ether oxygens (including phenoxy) is 1. The Labute approximate surface area is 156 Å². The molecule has 3 N–H and O–H groups in total. The molecule has 1 heterocycles. The highest BCUT2D eigenvalue weighted by atomic mass is 31.2. The Kier molecular flexibility index (Phi) is 5.98. The van der Waals surface area contributed by atoms with Crippen molar-refractivity contribution in [1.29, 1.82) is 0 Å². The first-order valence-electron chi connectivity index (χ1n) is 8.16. The van der Waals surface area contributed by atoms with E-state index in [1.807, 2.05) is 48.5 Å². The van der Waals surface area contributed by atoms with Crippen LogP contribution in [0.1, 0.15) is 17.4 Å². The Morgan fingerprint density at radius 2 is 1.96 bits per heavy atom. The third-order valence-electron chi connectivity index (χ3n) is 3.87. The molecule has 0 bridgehead atoms. The summed E-state index contributed by atoms with van der Waals surface area (Å²) in [5.41, 5.74) is 5.55. The quantitative estimate of drug-likeness (QED) is 0.397. The van der Waals surface area contributed by atoms with Gasteiger partial charge in [-0.2, -0.15) is 5.48 Å². The topological polar surface area (TPSA) is 122 Å². The van der Waals surface area contributed by atoms with Gasteiger partial charge >= 0.3 is 7.60 Å². The highest BCUT2D eigenvalue weighted by Crippen LogP contribution is 2.36. The van der Waals surface area contributed by atoms with Crippen molar-refractivity contribution in [1.82, 2.24) is 26.1 Å². The summed E-state index contributed by atoms with van der Waals surface area (Å²) in [6, 6.07) is 15.2. The highest BCUT2D eigenvalue weighted by molar-refractivity contribution is 7.51.